The molecule has 0 saturated carbocycles. The molecule has 35 heavy (non-hydrogen) atoms. The lowest BCUT2D eigenvalue weighted by Crippen LogP contribution is -2.48. The zero-order chi connectivity index (χ0) is 24.9. The van der Waals surface area contributed by atoms with E-state index in [4.69, 9.17) is 22.0 Å². The average Bonchev–Trinajstić information content (AvgIpc) is 2.85. The minimum atomic E-state index is -1.26. The SMILES string of the molecule is N#Cc1ccc(N2CC[C@@H](Nc3cc(Nc4ccc(C#N)c(N)c4)ncc3C(N)=O)[C@@H](F)C2)nc1. The molecule has 10 nitrogen and oxygen atoms in total. The van der Waals surface area contributed by atoms with Crippen LogP contribution >= 0.6 is 0 Å². The smallest absolute Gasteiger partial charge is 0.252 e. The van der Waals surface area contributed by atoms with Crippen molar-refractivity contribution in [1.29, 1.82) is 10.5 Å². The summed E-state index contributed by atoms with van der Waals surface area (Å²) in [4.78, 5) is 22.2. The number of nitrogens with zero attached hydrogens (tertiary/aromatic N) is 5. The summed E-state index contributed by atoms with van der Waals surface area (Å²) < 4.78 is 15.1. The largest absolute Gasteiger partial charge is 0.398 e. The Morgan fingerprint density at radius 3 is 2.60 bits per heavy atom. The van der Waals surface area contributed by atoms with Crippen molar-refractivity contribution in [2.45, 2.75) is 18.6 Å². The molecule has 4 rings (SSSR count). The number of hydrogen-bond donors (Lipinski definition) is 4. The van der Waals surface area contributed by atoms with Crippen LogP contribution in [0.1, 0.15) is 27.9 Å². The van der Waals surface area contributed by atoms with Crippen LogP contribution in [0.2, 0.25) is 0 Å². The third kappa shape index (κ3) is 5.20. The highest BCUT2D eigenvalue weighted by molar-refractivity contribution is 5.98. The van der Waals surface area contributed by atoms with E-state index < -0.39 is 18.1 Å². The van der Waals surface area contributed by atoms with Gasteiger partial charge in [-0.05, 0) is 36.8 Å². The first-order valence-electron chi connectivity index (χ1n) is 10.8. The molecule has 1 aromatic carbocycles. The van der Waals surface area contributed by atoms with Crippen molar-refractivity contribution in [3.8, 4) is 12.1 Å². The number of amides is 1. The lowest BCUT2D eigenvalue weighted by atomic mass is 10.0. The maximum atomic E-state index is 15.1. The number of anilines is 5. The van der Waals surface area contributed by atoms with Crippen molar-refractivity contribution in [3.63, 3.8) is 0 Å². The summed E-state index contributed by atoms with van der Waals surface area (Å²) in [5.41, 5.74) is 13.6. The minimum Gasteiger partial charge on any atom is -0.398 e. The fourth-order valence-electron chi connectivity index (χ4n) is 3.84. The summed E-state index contributed by atoms with van der Waals surface area (Å²) in [6.07, 6.45) is 1.96. The first-order valence-corrected chi connectivity index (χ1v) is 10.8. The summed E-state index contributed by atoms with van der Waals surface area (Å²) in [6.45, 7) is 0.632. The maximum absolute atomic E-state index is 15.1. The number of benzene rings is 1. The lowest BCUT2D eigenvalue weighted by Gasteiger charge is -2.36. The second kappa shape index (κ2) is 9.93. The Labute approximate surface area is 201 Å². The van der Waals surface area contributed by atoms with E-state index in [1.807, 2.05) is 17.0 Å². The average molecular weight is 472 g/mol. The number of carbonyl (C=O) groups is 1. The first kappa shape index (κ1) is 23.3. The molecule has 3 aromatic rings. The standard InChI is InChI=1S/C24H22FN9O/c25-18-13-34(23-4-1-14(9-26)11-31-23)6-5-20(18)33-21-8-22(30-12-17(21)24(29)35)32-16-3-2-15(10-27)19(28)7-16/h1-4,7-8,11-12,18,20H,5-6,13,28H2,(H2,29,35)(H2,30,32,33)/t18-,20+/m0/s1. The highest BCUT2D eigenvalue weighted by atomic mass is 19.1. The summed E-state index contributed by atoms with van der Waals surface area (Å²) >= 11 is 0. The molecule has 2 atom stereocenters. The van der Waals surface area contributed by atoms with E-state index in [1.54, 1.807) is 36.4 Å². The van der Waals surface area contributed by atoms with Crippen LogP contribution in [0.15, 0.2) is 48.8 Å². The van der Waals surface area contributed by atoms with Gasteiger partial charge in [0.05, 0.1) is 40.7 Å². The van der Waals surface area contributed by atoms with Gasteiger partial charge in [-0.25, -0.2) is 14.4 Å². The van der Waals surface area contributed by atoms with Gasteiger partial charge in [0.1, 0.15) is 29.9 Å². The van der Waals surface area contributed by atoms with Crippen LogP contribution in [-0.2, 0) is 0 Å². The predicted molar refractivity (Wildman–Crippen MR) is 130 cm³/mol. The molecule has 1 aliphatic heterocycles. The highest BCUT2D eigenvalue weighted by Gasteiger charge is 2.30. The van der Waals surface area contributed by atoms with Gasteiger partial charge in [-0.15, -0.1) is 0 Å². The Morgan fingerprint density at radius 2 is 1.97 bits per heavy atom. The van der Waals surface area contributed by atoms with E-state index in [0.717, 1.165) is 0 Å². The molecule has 0 radical (unpaired) electrons. The molecule has 176 valence electrons. The number of alkyl halides is 1. The van der Waals surface area contributed by atoms with E-state index in [0.29, 0.717) is 52.8 Å². The number of piperidine rings is 1. The number of nitrogen functional groups attached to an aromatic ring is 1. The van der Waals surface area contributed by atoms with Gasteiger partial charge in [0.25, 0.3) is 5.91 Å². The van der Waals surface area contributed by atoms with E-state index in [1.165, 1.54) is 12.4 Å². The molecule has 1 aliphatic rings. The van der Waals surface area contributed by atoms with Gasteiger partial charge >= 0.3 is 0 Å². The number of aromatic nitrogens is 2. The van der Waals surface area contributed by atoms with Gasteiger partial charge < -0.3 is 27.0 Å². The molecule has 3 heterocycles. The molecule has 1 saturated heterocycles. The van der Waals surface area contributed by atoms with Gasteiger partial charge in [-0.2, -0.15) is 10.5 Å². The number of nitriles is 2. The number of pyridine rings is 2. The quantitative estimate of drug-likeness (QED) is 0.395. The Bertz CT molecular complexity index is 1330. The minimum absolute atomic E-state index is 0.100. The van der Waals surface area contributed by atoms with Crippen molar-refractivity contribution in [3.05, 3.63) is 65.5 Å². The number of primary amides is 1. The van der Waals surface area contributed by atoms with E-state index in [9.17, 15) is 4.79 Å². The van der Waals surface area contributed by atoms with Crippen LogP contribution in [0.3, 0.4) is 0 Å². The zero-order valence-electron chi connectivity index (χ0n) is 18.6. The maximum Gasteiger partial charge on any atom is 0.252 e. The van der Waals surface area contributed by atoms with Crippen molar-refractivity contribution in [2.24, 2.45) is 5.73 Å². The summed E-state index contributed by atoms with van der Waals surface area (Å²) in [6, 6.07) is 13.2. The van der Waals surface area contributed by atoms with Crippen LogP contribution in [0.4, 0.5) is 33.1 Å². The van der Waals surface area contributed by atoms with Gasteiger partial charge in [-0.1, -0.05) is 0 Å². The monoisotopic (exact) mass is 471 g/mol. The molecule has 0 spiro atoms. The number of nitrogens with one attached hydrogen (secondary N) is 2. The Hall–Kier alpha value is -4.90. The van der Waals surface area contributed by atoms with Crippen molar-refractivity contribution in [2.75, 3.05) is 34.4 Å². The predicted octanol–water partition coefficient (Wildman–Crippen LogP) is 2.67. The molecule has 0 unspecified atom stereocenters. The third-order valence-electron chi connectivity index (χ3n) is 5.70. The number of rotatable bonds is 6. The van der Waals surface area contributed by atoms with Gasteiger partial charge in [0.2, 0.25) is 0 Å². The second-order valence-electron chi connectivity index (χ2n) is 8.04. The summed E-state index contributed by atoms with van der Waals surface area (Å²) in [7, 11) is 0. The fourth-order valence-corrected chi connectivity index (χ4v) is 3.84. The summed E-state index contributed by atoms with van der Waals surface area (Å²) in [5, 5.41) is 24.1. The van der Waals surface area contributed by atoms with Gasteiger partial charge in [0.15, 0.2) is 0 Å². The van der Waals surface area contributed by atoms with Crippen LogP contribution in [0.25, 0.3) is 0 Å². The molecule has 6 N–H and O–H groups in total. The topological polar surface area (TPSA) is 170 Å². The van der Waals surface area contributed by atoms with Crippen LogP contribution in [-0.4, -0.2) is 41.2 Å². The van der Waals surface area contributed by atoms with Gasteiger partial charge in [0, 0.05) is 30.7 Å². The third-order valence-corrected chi connectivity index (χ3v) is 5.70. The molecular formula is C24H22FN9O. The van der Waals surface area contributed by atoms with Crippen molar-refractivity contribution < 1.29 is 9.18 Å². The van der Waals surface area contributed by atoms with Crippen molar-refractivity contribution >= 4 is 34.6 Å². The molecule has 11 heteroatoms. The Balaban J connectivity index is 1.49. The highest BCUT2D eigenvalue weighted by Crippen LogP contribution is 2.27. The van der Waals surface area contributed by atoms with Crippen molar-refractivity contribution in [1.82, 2.24) is 9.97 Å². The number of carbonyl (C=O) groups excluding carboxylic acids is 1. The van der Waals surface area contributed by atoms with E-state index >= 15 is 4.39 Å². The van der Waals surface area contributed by atoms with Crippen LogP contribution < -0.4 is 27.0 Å². The Kier molecular flexibility index (Phi) is 6.60. The molecule has 2 aromatic heterocycles. The fraction of sp³-hybridized carbons (Fsp3) is 0.208. The van der Waals surface area contributed by atoms with E-state index in [2.05, 4.69) is 20.6 Å². The van der Waals surface area contributed by atoms with Crippen LogP contribution in [0, 0.1) is 22.7 Å². The van der Waals surface area contributed by atoms with E-state index in [-0.39, 0.29) is 12.1 Å². The number of hydrogen-bond acceptors (Lipinski definition) is 9. The Morgan fingerprint density at radius 1 is 1.14 bits per heavy atom. The lowest BCUT2D eigenvalue weighted by molar-refractivity contribution is 0.100. The normalized spacial score (nSPS) is 17.2. The second-order valence-corrected chi connectivity index (χ2v) is 8.04. The molecule has 1 amide bonds. The molecule has 1 fully saturated rings. The summed E-state index contributed by atoms with van der Waals surface area (Å²) in [5.74, 6) is 0.292. The van der Waals surface area contributed by atoms with Crippen LogP contribution in [0.5, 0.6) is 0 Å². The molecule has 0 bridgehead atoms. The first-order chi connectivity index (χ1) is 16.9. The zero-order valence-corrected chi connectivity index (χ0v) is 18.6. The number of nitrogens with two attached hydrogens (primary N) is 2. The molecule has 0 aliphatic carbocycles. The van der Waals surface area contributed by atoms with Gasteiger partial charge in [-0.3, -0.25) is 4.79 Å². The molecular weight excluding hydrogens is 449 g/mol. The number of halogens is 1.